The molecule has 0 radical (unpaired) electrons. The molecule has 0 fully saturated rings. The summed E-state index contributed by atoms with van der Waals surface area (Å²) in [7, 11) is 0. The highest BCUT2D eigenvalue weighted by Crippen LogP contribution is 2.29. The Morgan fingerprint density at radius 3 is 2.11 bits per heavy atom. The van der Waals surface area contributed by atoms with Gasteiger partial charge < -0.3 is 0 Å². The van der Waals surface area contributed by atoms with Crippen molar-refractivity contribution in [3.8, 4) is 0 Å². The molecule has 0 saturated carbocycles. The Kier molecular flexibility index (Phi) is 6.55. The van der Waals surface area contributed by atoms with Crippen LogP contribution in [0, 0.1) is 11.3 Å². The van der Waals surface area contributed by atoms with E-state index in [4.69, 9.17) is 0 Å². The molecule has 1 atom stereocenters. The quantitative estimate of drug-likeness (QED) is 0.668. The zero-order valence-electron chi connectivity index (χ0n) is 13.0. The molecular formula is C17H28BrN. The van der Waals surface area contributed by atoms with Crippen LogP contribution in [0.5, 0.6) is 0 Å². The fourth-order valence-electron chi connectivity index (χ4n) is 2.11. The summed E-state index contributed by atoms with van der Waals surface area (Å²) in [4.78, 5) is 2.58. The molecular weight excluding hydrogens is 298 g/mol. The summed E-state index contributed by atoms with van der Waals surface area (Å²) in [6.07, 6.45) is 0. The van der Waals surface area contributed by atoms with Crippen LogP contribution in [-0.4, -0.2) is 22.8 Å². The Morgan fingerprint density at radius 2 is 1.68 bits per heavy atom. The minimum absolute atomic E-state index is 0.341. The monoisotopic (exact) mass is 325 g/mol. The second kappa shape index (κ2) is 7.44. The Balaban J connectivity index is 2.73. The molecule has 1 aromatic rings. The maximum absolute atomic E-state index is 3.69. The van der Waals surface area contributed by atoms with Crippen molar-refractivity contribution < 1.29 is 0 Å². The van der Waals surface area contributed by atoms with Gasteiger partial charge in [-0.1, -0.05) is 67.0 Å². The van der Waals surface area contributed by atoms with E-state index < -0.39 is 0 Å². The highest BCUT2D eigenvalue weighted by molar-refractivity contribution is 9.09. The number of halogens is 1. The lowest BCUT2D eigenvalue weighted by Gasteiger charge is -2.36. The summed E-state index contributed by atoms with van der Waals surface area (Å²) in [5.74, 6) is 0.665. The van der Waals surface area contributed by atoms with Crippen LogP contribution in [0.4, 0.5) is 0 Å². The highest BCUT2D eigenvalue weighted by Gasteiger charge is 2.26. The minimum atomic E-state index is 0.341. The number of hydrogen-bond acceptors (Lipinski definition) is 1. The molecule has 0 amide bonds. The number of alkyl halides is 1. The maximum Gasteiger partial charge on any atom is 0.0236 e. The predicted molar refractivity (Wildman–Crippen MR) is 88.7 cm³/mol. The van der Waals surface area contributed by atoms with Crippen molar-refractivity contribution in [3.63, 3.8) is 0 Å². The molecule has 1 unspecified atom stereocenters. The third-order valence-electron chi connectivity index (χ3n) is 3.82. The molecule has 0 aliphatic rings. The van der Waals surface area contributed by atoms with Gasteiger partial charge in [-0.15, -0.1) is 0 Å². The molecule has 0 heterocycles. The van der Waals surface area contributed by atoms with Gasteiger partial charge in [0.2, 0.25) is 0 Å². The second-order valence-corrected chi connectivity index (χ2v) is 7.37. The van der Waals surface area contributed by atoms with E-state index in [9.17, 15) is 0 Å². The average Bonchev–Trinajstić information content (AvgIpc) is 2.33. The fraction of sp³-hybridized carbons (Fsp3) is 0.647. The van der Waals surface area contributed by atoms with Crippen molar-refractivity contribution >= 4 is 15.9 Å². The van der Waals surface area contributed by atoms with E-state index in [1.165, 1.54) is 5.56 Å². The standard InChI is InChI=1S/C17H28BrN/c1-14(2)19(12-15-9-7-6-8-10-15)13-16(11-18)17(3,4)5/h6-10,14,16H,11-13H2,1-5H3. The number of hydrogen-bond donors (Lipinski definition) is 0. The Labute approximate surface area is 127 Å². The summed E-state index contributed by atoms with van der Waals surface area (Å²) in [5, 5.41) is 1.06. The second-order valence-electron chi connectivity index (χ2n) is 6.73. The molecule has 1 nitrogen and oxygen atoms in total. The summed E-state index contributed by atoms with van der Waals surface area (Å²) >= 11 is 3.69. The van der Waals surface area contributed by atoms with Gasteiger partial charge in [0.15, 0.2) is 0 Å². The van der Waals surface area contributed by atoms with Gasteiger partial charge in [0.25, 0.3) is 0 Å². The van der Waals surface area contributed by atoms with E-state index in [2.05, 4.69) is 85.8 Å². The van der Waals surface area contributed by atoms with Crippen molar-refractivity contribution in [1.29, 1.82) is 0 Å². The average molecular weight is 326 g/mol. The first-order valence-corrected chi connectivity index (χ1v) is 8.30. The summed E-state index contributed by atoms with van der Waals surface area (Å²) in [5.41, 5.74) is 1.74. The van der Waals surface area contributed by atoms with Gasteiger partial charge in [-0.05, 0) is 30.7 Å². The first-order valence-electron chi connectivity index (χ1n) is 7.18. The normalized spacial score (nSPS) is 14.1. The predicted octanol–water partition coefficient (Wildman–Crippen LogP) is 4.95. The molecule has 0 spiro atoms. The van der Waals surface area contributed by atoms with Crippen LogP contribution in [0.2, 0.25) is 0 Å². The molecule has 0 aliphatic carbocycles. The van der Waals surface area contributed by atoms with Gasteiger partial charge in [0.05, 0.1) is 0 Å². The molecule has 2 heteroatoms. The highest BCUT2D eigenvalue weighted by atomic mass is 79.9. The van der Waals surface area contributed by atoms with E-state index in [1.807, 2.05) is 0 Å². The molecule has 0 aliphatic heterocycles. The first-order chi connectivity index (χ1) is 8.84. The van der Waals surface area contributed by atoms with E-state index in [-0.39, 0.29) is 0 Å². The molecule has 0 N–H and O–H groups in total. The fourth-order valence-corrected chi connectivity index (χ4v) is 3.29. The van der Waals surface area contributed by atoms with Crippen molar-refractivity contribution in [3.05, 3.63) is 35.9 Å². The van der Waals surface area contributed by atoms with Crippen LogP contribution in [-0.2, 0) is 6.54 Å². The molecule has 19 heavy (non-hydrogen) atoms. The van der Waals surface area contributed by atoms with Gasteiger partial charge >= 0.3 is 0 Å². The zero-order chi connectivity index (χ0) is 14.5. The van der Waals surface area contributed by atoms with Gasteiger partial charge in [-0.2, -0.15) is 0 Å². The van der Waals surface area contributed by atoms with E-state index in [0.717, 1.165) is 18.4 Å². The van der Waals surface area contributed by atoms with Gasteiger partial charge in [-0.3, -0.25) is 4.90 Å². The van der Waals surface area contributed by atoms with Crippen molar-refractivity contribution in [1.82, 2.24) is 4.90 Å². The molecule has 0 bridgehead atoms. The van der Waals surface area contributed by atoms with Gasteiger partial charge in [0.1, 0.15) is 0 Å². The summed E-state index contributed by atoms with van der Waals surface area (Å²) < 4.78 is 0. The minimum Gasteiger partial charge on any atom is -0.296 e. The molecule has 1 rings (SSSR count). The van der Waals surface area contributed by atoms with E-state index in [1.54, 1.807) is 0 Å². The Hall–Kier alpha value is -0.340. The molecule has 1 aromatic carbocycles. The largest absolute Gasteiger partial charge is 0.296 e. The Bertz CT molecular complexity index is 353. The van der Waals surface area contributed by atoms with Gasteiger partial charge in [0, 0.05) is 24.5 Å². The van der Waals surface area contributed by atoms with Crippen LogP contribution in [0.15, 0.2) is 30.3 Å². The smallest absolute Gasteiger partial charge is 0.0236 e. The lowest BCUT2D eigenvalue weighted by Crippen LogP contribution is -2.39. The van der Waals surface area contributed by atoms with E-state index in [0.29, 0.717) is 17.4 Å². The molecule has 0 aromatic heterocycles. The topological polar surface area (TPSA) is 3.24 Å². The van der Waals surface area contributed by atoms with Crippen LogP contribution < -0.4 is 0 Å². The molecule has 0 saturated heterocycles. The first kappa shape index (κ1) is 16.7. The van der Waals surface area contributed by atoms with Crippen molar-refractivity contribution in [2.45, 2.75) is 47.2 Å². The summed E-state index contributed by atoms with van der Waals surface area (Å²) in [6, 6.07) is 11.3. The third-order valence-corrected chi connectivity index (χ3v) is 4.61. The van der Waals surface area contributed by atoms with Crippen LogP contribution in [0.3, 0.4) is 0 Å². The van der Waals surface area contributed by atoms with Crippen molar-refractivity contribution in [2.24, 2.45) is 11.3 Å². The van der Waals surface area contributed by atoms with Gasteiger partial charge in [-0.25, -0.2) is 0 Å². The van der Waals surface area contributed by atoms with Crippen LogP contribution in [0.25, 0.3) is 0 Å². The SMILES string of the molecule is CC(C)N(Cc1ccccc1)CC(CBr)C(C)(C)C. The number of benzene rings is 1. The van der Waals surface area contributed by atoms with E-state index >= 15 is 0 Å². The lowest BCUT2D eigenvalue weighted by atomic mass is 9.81. The number of nitrogens with zero attached hydrogens (tertiary/aromatic N) is 1. The number of rotatable bonds is 6. The summed E-state index contributed by atoms with van der Waals surface area (Å²) in [6.45, 7) is 13.8. The lowest BCUT2D eigenvalue weighted by molar-refractivity contribution is 0.132. The Morgan fingerprint density at radius 1 is 1.11 bits per heavy atom. The third kappa shape index (κ3) is 5.66. The van der Waals surface area contributed by atoms with Crippen LogP contribution >= 0.6 is 15.9 Å². The maximum atomic E-state index is 3.69. The van der Waals surface area contributed by atoms with Crippen LogP contribution in [0.1, 0.15) is 40.2 Å². The van der Waals surface area contributed by atoms with Crippen molar-refractivity contribution in [2.75, 3.05) is 11.9 Å². The molecule has 108 valence electrons. The zero-order valence-corrected chi connectivity index (χ0v) is 14.6.